The standard InChI is InChI=1S/C12H15N5OS/c18-12(11-7-19-8-14-11)16-9-5-15-17(6-9)10-1-3-13-4-2-10/h5-8,10,13H,1-4H2,(H,16,18). The van der Waals surface area contributed by atoms with Crippen LogP contribution in [0.25, 0.3) is 0 Å². The van der Waals surface area contributed by atoms with Gasteiger partial charge in [0.2, 0.25) is 0 Å². The molecular formula is C12H15N5OS. The molecule has 6 nitrogen and oxygen atoms in total. The topological polar surface area (TPSA) is 71.8 Å². The Morgan fingerprint density at radius 1 is 1.47 bits per heavy atom. The maximum absolute atomic E-state index is 11.8. The monoisotopic (exact) mass is 277 g/mol. The van der Waals surface area contributed by atoms with E-state index in [4.69, 9.17) is 0 Å². The summed E-state index contributed by atoms with van der Waals surface area (Å²) >= 11 is 1.41. The van der Waals surface area contributed by atoms with Crippen molar-refractivity contribution < 1.29 is 4.79 Å². The third-order valence-corrected chi connectivity index (χ3v) is 3.79. The highest BCUT2D eigenvalue weighted by Gasteiger charge is 2.16. The molecule has 1 aliphatic heterocycles. The fraction of sp³-hybridized carbons (Fsp3) is 0.417. The molecule has 3 heterocycles. The van der Waals surface area contributed by atoms with E-state index in [1.165, 1.54) is 11.3 Å². The number of amides is 1. The van der Waals surface area contributed by atoms with Crippen molar-refractivity contribution >= 4 is 22.9 Å². The lowest BCUT2D eigenvalue weighted by Crippen LogP contribution is -2.29. The van der Waals surface area contributed by atoms with E-state index in [2.05, 4.69) is 20.7 Å². The van der Waals surface area contributed by atoms with Gasteiger partial charge in [-0.25, -0.2) is 4.98 Å². The van der Waals surface area contributed by atoms with Gasteiger partial charge in [0.05, 0.1) is 23.4 Å². The summed E-state index contributed by atoms with van der Waals surface area (Å²) in [6, 6.07) is 0.422. The normalized spacial score (nSPS) is 16.4. The maximum Gasteiger partial charge on any atom is 0.275 e. The Morgan fingerprint density at radius 3 is 3.05 bits per heavy atom. The Hall–Kier alpha value is -1.73. The molecule has 0 radical (unpaired) electrons. The number of carbonyl (C=O) groups is 1. The van der Waals surface area contributed by atoms with Crippen molar-refractivity contribution in [2.45, 2.75) is 18.9 Å². The molecule has 0 saturated carbocycles. The number of thiazole rings is 1. The van der Waals surface area contributed by atoms with Gasteiger partial charge in [-0.05, 0) is 25.9 Å². The highest BCUT2D eigenvalue weighted by molar-refractivity contribution is 7.07. The van der Waals surface area contributed by atoms with Crippen LogP contribution in [0.15, 0.2) is 23.3 Å². The minimum Gasteiger partial charge on any atom is -0.318 e. The molecule has 0 bridgehead atoms. The van der Waals surface area contributed by atoms with E-state index in [0.717, 1.165) is 31.6 Å². The van der Waals surface area contributed by atoms with Crippen molar-refractivity contribution in [2.75, 3.05) is 18.4 Å². The van der Waals surface area contributed by atoms with Crippen LogP contribution in [0, 0.1) is 0 Å². The summed E-state index contributed by atoms with van der Waals surface area (Å²) in [6.45, 7) is 2.04. The zero-order valence-corrected chi connectivity index (χ0v) is 11.2. The average molecular weight is 277 g/mol. The van der Waals surface area contributed by atoms with E-state index in [1.54, 1.807) is 17.1 Å². The number of nitrogens with one attached hydrogen (secondary N) is 2. The summed E-state index contributed by atoms with van der Waals surface area (Å²) in [5.41, 5.74) is 2.81. The Kier molecular flexibility index (Phi) is 3.56. The van der Waals surface area contributed by atoms with E-state index in [1.807, 2.05) is 10.9 Å². The van der Waals surface area contributed by atoms with Crippen molar-refractivity contribution in [3.8, 4) is 0 Å². The number of hydrogen-bond acceptors (Lipinski definition) is 5. The molecule has 1 saturated heterocycles. The highest BCUT2D eigenvalue weighted by atomic mass is 32.1. The van der Waals surface area contributed by atoms with Gasteiger partial charge in [-0.2, -0.15) is 5.10 Å². The molecule has 3 rings (SSSR count). The second kappa shape index (κ2) is 5.50. The number of nitrogens with zero attached hydrogens (tertiary/aromatic N) is 3. The molecule has 0 spiro atoms. The van der Waals surface area contributed by atoms with Crippen molar-refractivity contribution in [1.29, 1.82) is 0 Å². The van der Waals surface area contributed by atoms with Crippen LogP contribution in [0.1, 0.15) is 29.4 Å². The van der Waals surface area contributed by atoms with Crippen LogP contribution in [0.2, 0.25) is 0 Å². The Balaban J connectivity index is 1.66. The summed E-state index contributed by atoms with van der Waals surface area (Å²) in [7, 11) is 0. The number of hydrogen-bond donors (Lipinski definition) is 2. The fourth-order valence-electron chi connectivity index (χ4n) is 2.19. The molecule has 2 N–H and O–H groups in total. The molecule has 100 valence electrons. The highest BCUT2D eigenvalue weighted by Crippen LogP contribution is 2.19. The van der Waals surface area contributed by atoms with E-state index in [9.17, 15) is 4.79 Å². The minimum absolute atomic E-state index is 0.189. The Bertz CT molecular complexity index is 544. The number of rotatable bonds is 3. The molecule has 1 fully saturated rings. The van der Waals surface area contributed by atoms with Crippen LogP contribution in [-0.4, -0.2) is 33.8 Å². The quantitative estimate of drug-likeness (QED) is 0.892. The summed E-state index contributed by atoms with van der Waals surface area (Å²) in [6.07, 6.45) is 5.72. The van der Waals surface area contributed by atoms with Gasteiger partial charge >= 0.3 is 0 Å². The zero-order valence-electron chi connectivity index (χ0n) is 10.4. The van der Waals surface area contributed by atoms with Gasteiger partial charge < -0.3 is 10.6 Å². The predicted octanol–water partition coefficient (Wildman–Crippen LogP) is 1.52. The summed E-state index contributed by atoms with van der Waals surface area (Å²) < 4.78 is 1.94. The molecule has 2 aromatic rings. The molecule has 1 amide bonds. The van der Waals surface area contributed by atoms with Crippen molar-refractivity contribution in [3.63, 3.8) is 0 Å². The van der Waals surface area contributed by atoms with Gasteiger partial charge in [-0.15, -0.1) is 11.3 Å². The van der Waals surface area contributed by atoms with Crippen molar-refractivity contribution in [2.24, 2.45) is 0 Å². The lowest BCUT2D eigenvalue weighted by Gasteiger charge is -2.22. The third kappa shape index (κ3) is 2.82. The first-order valence-corrected chi connectivity index (χ1v) is 7.21. The van der Waals surface area contributed by atoms with Gasteiger partial charge in [-0.1, -0.05) is 0 Å². The number of anilines is 1. The van der Waals surface area contributed by atoms with Gasteiger partial charge in [0, 0.05) is 11.6 Å². The van der Waals surface area contributed by atoms with Crippen molar-refractivity contribution in [1.82, 2.24) is 20.1 Å². The molecular weight excluding hydrogens is 262 g/mol. The zero-order chi connectivity index (χ0) is 13.1. The Morgan fingerprint density at radius 2 is 2.32 bits per heavy atom. The predicted molar refractivity (Wildman–Crippen MR) is 73.4 cm³/mol. The molecule has 0 atom stereocenters. The van der Waals surface area contributed by atoms with Crippen LogP contribution < -0.4 is 10.6 Å². The lowest BCUT2D eigenvalue weighted by molar-refractivity contribution is 0.102. The number of aromatic nitrogens is 3. The maximum atomic E-state index is 11.8. The van der Waals surface area contributed by atoms with Gasteiger partial charge in [0.1, 0.15) is 5.69 Å². The minimum atomic E-state index is -0.189. The first-order chi connectivity index (χ1) is 9.33. The SMILES string of the molecule is O=C(Nc1cnn(C2CCNCC2)c1)c1cscn1. The van der Waals surface area contributed by atoms with Crippen molar-refractivity contribution in [3.05, 3.63) is 29.0 Å². The smallest absolute Gasteiger partial charge is 0.275 e. The molecule has 0 aromatic carbocycles. The molecule has 2 aromatic heterocycles. The first kappa shape index (κ1) is 12.3. The molecule has 19 heavy (non-hydrogen) atoms. The van der Waals surface area contributed by atoms with Crippen LogP contribution in [0.5, 0.6) is 0 Å². The summed E-state index contributed by atoms with van der Waals surface area (Å²) in [4.78, 5) is 15.8. The molecule has 1 aliphatic rings. The average Bonchev–Trinajstić information content (AvgIpc) is 3.11. The van der Waals surface area contributed by atoms with E-state index < -0.39 is 0 Å². The summed E-state index contributed by atoms with van der Waals surface area (Å²) in [5.74, 6) is -0.189. The van der Waals surface area contributed by atoms with Gasteiger partial charge in [-0.3, -0.25) is 9.48 Å². The Labute approximate surface area is 114 Å². The van der Waals surface area contributed by atoms with E-state index in [0.29, 0.717) is 11.7 Å². The second-order valence-corrected chi connectivity index (χ2v) is 5.24. The van der Waals surface area contributed by atoms with Gasteiger partial charge in [0.25, 0.3) is 5.91 Å². The number of piperidine rings is 1. The van der Waals surface area contributed by atoms with Gasteiger partial charge in [0.15, 0.2) is 0 Å². The van der Waals surface area contributed by atoms with Crippen LogP contribution in [0.3, 0.4) is 0 Å². The molecule has 0 unspecified atom stereocenters. The molecule has 7 heteroatoms. The van der Waals surface area contributed by atoms with E-state index in [-0.39, 0.29) is 5.91 Å². The largest absolute Gasteiger partial charge is 0.318 e. The second-order valence-electron chi connectivity index (χ2n) is 4.52. The number of carbonyl (C=O) groups excluding carboxylic acids is 1. The van der Waals surface area contributed by atoms with Crippen LogP contribution in [0.4, 0.5) is 5.69 Å². The summed E-state index contributed by atoms with van der Waals surface area (Å²) in [5, 5.41) is 12.2. The first-order valence-electron chi connectivity index (χ1n) is 6.27. The van der Waals surface area contributed by atoms with Crippen LogP contribution >= 0.6 is 11.3 Å². The lowest BCUT2D eigenvalue weighted by atomic mass is 10.1. The van der Waals surface area contributed by atoms with Crippen LogP contribution in [-0.2, 0) is 0 Å². The fourth-order valence-corrected chi connectivity index (χ4v) is 2.73. The van der Waals surface area contributed by atoms with E-state index >= 15 is 0 Å². The third-order valence-electron chi connectivity index (χ3n) is 3.21. The molecule has 0 aliphatic carbocycles.